The zero-order chi connectivity index (χ0) is 48.4. The van der Waals surface area contributed by atoms with E-state index in [1.165, 1.54) is 42.0 Å². The number of unbranched alkanes of at least 4 members (excludes halogenated alkanes) is 2. The molecular formula is C50H68F6N5O3S-. The number of rotatable bonds is 14. The van der Waals surface area contributed by atoms with Crippen molar-refractivity contribution in [2.75, 3.05) is 25.9 Å². The number of likely N-dealkylation sites (tertiary alicyclic amines) is 1. The topological polar surface area (TPSA) is 115 Å². The van der Waals surface area contributed by atoms with Gasteiger partial charge in [-0.1, -0.05) is 78.0 Å². The Kier molecular flexibility index (Phi) is 19.5. The number of alkyl halides is 4. The number of aromatic nitrogens is 3. The molecule has 2 aromatic heterocycles. The number of pyridine rings is 1. The summed E-state index contributed by atoms with van der Waals surface area (Å²) in [4.78, 5) is 26.5. The third-order valence-electron chi connectivity index (χ3n) is 12.5. The van der Waals surface area contributed by atoms with Crippen LogP contribution in [-0.4, -0.2) is 71.9 Å². The van der Waals surface area contributed by atoms with Crippen LogP contribution in [0.15, 0.2) is 41.2 Å². The number of fused-ring (bicyclic) bond motifs is 1. The van der Waals surface area contributed by atoms with E-state index < -0.39 is 77.6 Å². The Balaban J connectivity index is 0.000000457. The Morgan fingerprint density at radius 2 is 1.58 bits per heavy atom. The monoisotopic (exact) mass is 932 g/mol. The van der Waals surface area contributed by atoms with Gasteiger partial charge in [-0.15, -0.1) is 0 Å². The summed E-state index contributed by atoms with van der Waals surface area (Å²) in [6.07, 6.45) is 5.00. The molecule has 65 heavy (non-hydrogen) atoms. The van der Waals surface area contributed by atoms with Gasteiger partial charge in [-0.25, -0.2) is 36.3 Å². The predicted octanol–water partition coefficient (Wildman–Crippen LogP) is 12.1. The standard InChI is InChI=1S/C38H43F5N4O.C11H22FN.CH4O2S/c1-7-9-26(17-24-18-27(39)20-28(40)19-24)35-46-34-31(22(5)16-30(45-34)37(41)12-14-38(42,43)15-13-37)36(48)47(35)29-11-10-25(8-2)32(23(29)6)33(44)21(3)4;1-3-4-5-6-13-8-10(2)7-11(12)9-13;1-4(2)3/h10-11,16,18-21,26,44H,7-9,12-15,17H2,1-6H3;10-11H,3-9H2,1-2H3;1H3,(H,2,3)/p-1/t;10-,11?;/m.1./s1. The molecule has 15 heteroatoms. The molecule has 0 amide bonds. The van der Waals surface area contributed by atoms with Crippen molar-refractivity contribution in [3.63, 3.8) is 0 Å². The van der Waals surface area contributed by atoms with Crippen LogP contribution in [0.1, 0.15) is 151 Å². The second-order valence-corrected chi connectivity index (χ2v) is 19.2. The number of piperidine rings is 1. The van der Waals surface area contributed by atoms with Crippen molar-refractivity contribution in [1.82, 2.24) is 19.4 Å². The Bertz CT molecular complexity index is 2290. The van der Waals surface area contributed by atoms with Gasteiger partial charge < -0.3 is 14.9 Å². The molecule has 360 valence electrons. The van der Waals surface area contributed by atoms with Gasteiger partial charge in [0, 0.05) is 49.2 Å². The minimum absolute atomic E-state index is 0.000105. The molecule has 1 aliphatic heterocycles. The largest absolute Gasteiger partial charge is 0.773 e. The molecule has 1 saturated heterocycles. The van der Waals surface area contributed by atoms with Crippen LogP contribution in [0.5, 0.6) is 0 Å². The maximum atomic E-state index is 16.3. The number of hydrogen-bond donors (Lipinski definition) is 1. The van der Waals surface area contributed by atoms with E-state index in [1.807, 2.05) is 46.8 Å². The zero-order valence-electron chi connectivity index (χ0n) is 39.6. The van der Waals surface area contributed by atoms with Gasteiger partial charge in [0.15, 0.2) is 11.3 Å². The first-order valence-electron chi connectivity index (χ1n) is 23.1. The minimum Gasteiger partial charge on any atom is -0.773 e. The van der Waals surface area contributed by atoms with Gasteiger partial charge in [0.2, 0.25) is 5.92 Å². The summed E-state index contributed by atoms with van der Waals surface area (Å²) in [5.41, 5.74) is 1.61. The molecule has 1 saturated carbocycles. The Hall–Kier alpha value is -3.95. The molecular weight excluding hydrogens is 865 g/mol. The molecule has 1 N–H and O–H groups in total. The van der Waals surface area contributed by atoms with E-state index in [0.29, 0.717) is 60.1 Å². The van der Waals surface area contributed by atoms with Crippen molar-refractivity contribution >= 4 is 27.8 Å². The summed E-state index contributed by atoms with van der Waals surface area (Å²) in [6.45, 7) is 18.6. The number of aryl methyl sites for hydroxylation is 2. The van der Waals surface area contributed by atoms with E-state index >= 15 is 4.39 Å². The van der Waals surface area contributed by atoms with Crippen molar-refractivity contribution in [2.24, 2.45) is 11.8 Å². The van der Waals surface area contributed by atoms with Crippen LogP contribution in [0.3, 0.4) is 0 Å². The van der Waals surface area contributed by atoms with E-state index in [-0.39, 0.29) is 29.1 Å². The molecule has 4 aromatic rings. The summed E-state index contributed by atoms with van der Waals surface area (Å²) in [7, 11) is 0. The molecule has 2 aromatic carbocycles. The highest BCUT2D eigenvalue weighted by Gasteiger charge is 2.46. The van der Waals surface area contributed by atoms with Crippen LogP contribution in [0.2, 0.25) is 0 Å². The molecule has 2 fully saturated rings. The van der Waals surface area contributed by atoms with Gasteiger partial charge in [-0.3, -0.25) is 13.6 Å². The lowest BCUT2D eigenvalue weighted by atomic mass is 9.81. The van der Waals surface area contributed by atoms with E-state index in [4.69, 9.17) is 19.2 Å². The van der Waals surface area contributed by atoms with Gasteiger partial charge >= 0.3 is 0 Å². The van der Waals surface area contributed by atoms with Crippen molar-refractivity contribution < 1.29 is 35.1 Å². The first-order valence-corrected chi connectivity index (χ1v) is 24.6. The summed E-state index contributed by atoms with van der Waals surface area (Å²) in [6, 6.07) is 8.52. The maximum absolute atomic E-state index is 16.3. The van der Waals surface area contributed by atoms with Gasteiger partial charge in [-0.05, 0) is 130 Å². The first kappa shape index (κ1) is 53.7. The Morgan fingerprint density at radius 1 is 0.954 bits per heavy atom. The zero-order valence-corrected chi connectivity index (χ0v) is 40.4. The summed E-state index contributed by atoms with van der Waals surface area (Å²) < 4.78 is 106. The molecule has 2 aliphatic rings. The van der Waals surface area contributed by atoms with Crippen LogP contribution < -0.4 is 5.56 Å². The quantitative estimate of drug-likeness (QED) is 0.0583. The normalized spacial score (nSPS) is 19.2. The van der Waals surface area contributed by atoms with Crippen LogP contribution >= 0.6 is 0 Å². The fourth-order valence-corrected chi connectivity index (χ4v) is 9.17. The number of hydrogen-bond acceptors (Lipinski definition) is 7. The first-order chi connectivity index (χ1) is 30.5. The average Bonchev–Trinajstić information content (AvgIpc) is 3.21. The molecule has 4 atom stereocenters. The highest BCUT2D eigenvalue weighted by Crippen LogP contribution is 2.46. The predicted molar refractivity (Wildman–Crippen MR) is 249 cm³/mol. The smallest absolute Gasteiger partial charge is 0.267 e. The van der Waals surface area contributed by atoms with Crippen molar-refractivity contribution in [2.45, 2.75) is 156 Å². The lowest BCUT2D eigenvalue weighted by Crippen LogP contribution is -2.41. The van der Waals surface area contributed by atoms with Crippen molar-refractivity contribution in [3.8, 4) is 5.69 Å². The number of nitrogens with zero attached hydrogens (tertiary/aromatic N) is 4. The number of halogens is 6. The van der Waals surface area contributed by atoms with Crippen LogP contribution in [-0.2, 0) is 29.6 Å². The average molecular weight is 933 g/mol. The minimum atomic E-state index is -2.94. The lowest BCUT2D eigenvalue weighted by molar-refractivity contribution is -0.0784. The van der Waals surface area contributed by atoms with Gasteiger partial charge in [0.25, 0.3) is 5.56 Å². The number of benzene rings is 2. The van der Waals surface area contributed by atoms with E-state index in [2.05, 4.69) is 23.7 Å². The van der Waals surface area contributed by atoms with Crippen LogP contribution in [0.4, 0.5) is 26.3 Å². The molecule has 3 heterocycles. The van der Waals surface area contributed by atoms with E-state index in [1.54, 1.807) is 6.92 Å². The van der Waals surface area contributed by atoms with Crippen molar-refractivity contribution in [3.05, 3.63) is 97.7 Å². The summed E-state index contributed by atoms with van der Waals surface area (Å²) in [5.74, 6) is -4.14. The van der Waals surface area contributed by atoms with Crippen LogP contribution in [0.25, 0.3) is 16.7 Å². The summed E-state index contributed by atoms with van der Waals surface area (Å²) in [5, 5.41) is 9.10. The van der Waals surface area contributed by atoms with Gasteiger partial charge in [0.05, 0.1) is 16.8 Å². The lowest BCUT2D eigenvalue weighted by Gasteiger charge is -2.33. The molecule has 1 aliphatic carbocycles. The highest BCUT2D eigenvalue weighted by molar-refractivity contribution is 7.78. The fraction of sp³-hybridized carbons (Fsp3) is 0.600. The highest BCUT2D eigenvalue weighted by atomic mass is 32.2. The van der Waals surface area contributed by atoms with Crippen LogP contribution in [0, 0.1) is 42.7 Å². The molecule has 8 nitrogen and oxygen atoms in total. The van der Waals surface area contributed by atoms with E-state index in [9.17, 15) is 26.7 Å². The molecule has 3 unspecified atom stereocenters. The fourth-order valence-electron chi connectivity index (χ4n) is 9.17. The molecule has 6 rings (SSSR count). The molecule has 0 spiro atoms. The van der Waals surface area contributed by atoms with Gasteiger partial charge in [0.1, 0.15) is 23.6 Å². The van der Waals surface area contributed by atoms with E-state index in [0.717, 1.165) is 48.5 Å². The SMILES string of the molecule is CCCC(Cc1cc(F)cc(F)c1)c1nc2nc(C3(F)CCC(F)(F)CC3)cc(C)c2c(=O)n1-c1ccc(CC)c(C(=N)C(C)C)c1C.CCCCCN1CC(F)C[C@@H](C)C1.CS(=O)[O-]. The molecule has 0 radical (unpaired) electrons. The second kappa shape index (κ2) is 23.7. The maximum Gasteiger partial charge on any atom is 0.267 e. The third-order valence-corrected chi connectivity index (χ3v) is 12.5. The second-order valence-electron chi connectivity index (χ2n) is 18.4. The van der Waals surface area contributed by atoms with Gasteiger partial charge in [-0.2, -0.15) is 0 Å². The Labute approximate surface area is 383 Å². The third kappa shape index (κ3) is 14.3. The van der Waals surface area contributed by atoms with Crippen molar-refractivity contribution in [1.29, 1.82) is 5.41 Å². The summed E-state index contributed by atoms with van der Waals surface area (Å²) >= 11 is -1.86. The Morgan fingerprint density at radius 3 is 2.14 bits per heavy atom. The molecule has 0 bridgehead atoms. The number of nitrogens with one attached hydrogen (secondary N) is 1.